The Morgan fingerprint density at radius 1 is 1.11 bits per heavy atom. The summed E-state index contributed by atoms with van der Waals surface area (Å²) in [5, 5.41) is 10.3. The average Bonchev–Trinajstić information content (AvgIpc) is 2.39. The maximum absolute atomic E-state index is 11.2. The fraction of sp³-hybridized carbons (Fsp3) is 0.235. The average molecular weight is 254 g/mol. The van der Waals surface area contributed by atoms with E-state index in [2.05, 4.69) is 0 Å². The summed E-state index contributed by atoms with van der Waals surface area (Å²) >= 11 is 0. The van der Waals surface area contributed by atoms with Gasteiger partial charge in [-0.05, 0) is 30.5 Å². The Kier molecular flexibility index (Phi) is 4.13. The fourth-order valence-corrected chi connectivity index (χ4v) is 2.17. The molecule has 0 aliphatic rings. The van der Waals surface area contributed by atoms with Crippen LogP contribution in [0.2, 0.25) is 0 Å². The van der Waals surface area contributed by atoms with E-state index in [1.165, 1.54) is 0 Å². The van der Waals surface area contributed by atoms with Gasteiger partial charge in [-0.2, -0.15) is 0 Å². The van der Waals surface area contributed by atoms with Crippen LogP contribution in [0.15, 0.2) is 48.5 Å². The zero-order valence-electron chi connectivity index (χ0n) is 11.3. The van der Waals surface area contributed by atoms with Gasteiger partial charge in [0.2, 0.25) is 0 Å². The van der Waals surface area contributed by atoms with Crippen molar-refractivity contribution in [1.82, 2.24) is 0 Å². The number of carbonyl (C=O) groups excluding carboxylic acids is 1. The lowest BCUT2D eigenvalue weighted by Crippen LogP contribution is -2.04. The first kappa shape index (κ1) is 13.5. The summed E-state index contributed by atoms with van der Waals surface area (Å²) in [6.07, 6.45) is 0.0487. The van der Waals surface area contributed by atoms with E-state index in [1.807, 2.05) is 55.5 Å². The zero-order chi connectivity index (χ0) is 13.8. The highest BCUT2D eigenvalue weighted by atomic mass is 16.3. The molecule has 0 bridgehead atoms. The van der Waals surface area contributed by atoms with Gasteiger partial charge in [-0.25, -0.2) is 0 Å². The van der Waals surface area contributed by atoms with Crippen molar-refractivity contribution >= 4 is 5.78 Å². The van der Waals surface area contributed by atoms with Gasteiger partial charge >= 0.3 is 0 Å². The first-order valence-electron chi connectivity index (χ1n) is 6.41. The molecule has 0 saturated carbocycles. The fourth-order valence-electron chi connectivity index (χ4n) is 2.17. The van der Waals surface area contributed by atoms with Gasteiger partial charge in [0, 0.05) is 12.0 Å². The molecule has 0 heterocycles. The van der Waals surface area contributed by atoms with Gasteiger partial charge < -0.3 is 5.11 Å². The summed E-state index contributed by atoms with van der Waals surface area (Å²) in [7, 11) is 0. The SMILES string of the molecule is CC(=O)c1ccc(CC(O)c2ccccc2C)cc1. The zero-order valence-corrected chi connectivity index (χ0v) is 11.3. The second kappa shape index (κ2) is 5.81. The molecular weight excluding hydrogens is 236 g/mol. The Bertz CT molecular complexity index is 570. The third-order valence-electron chi connectivity index (χ3n) is 3.34. The van der Waals surface area contributed by atoms with Gasteiger partial charge in [0.05, 0.1) is 6.10 Å². The van der Waals surface area contributed by atoms with E-state index in [9.17, 15) is 9.90 Å². The third kappa shape index (κ3) is 3.30. The van der Waals surface area contributed by atoms with Gasteiger partial charge in [-0.3, -0.25) is 4.79 Å². The van der Waals surface area contributed by atoms with Crippen molar-refractivity contribution in [2.45, 2.75) is 26.4 Å². The summed E-state index contributed by atoms with van der Waals surface area (Å²) in [6, 6.07) is 15.3. The van der Waals surface area contributed by atoms with Crippen LogP contribution in [-0.2, 0) is 6.42 Å². The van der Waals surface area contributed by atoms with Crippen LogP contribution in [0, 0.1) is 6.92 Å². The number of ketones is 1. The van der Waals surface area contributed by atoms with Crippen LogP contribution in [0.25, 0.3) is 0 Å². The highest BCUT2D eigenvalue weighted by molar-refractivity contribution is 5.93. The summed E-state index contributed by atoms with van der Waals surface area (Å²) in [5.74, 6) is 0.0611. The van der Waals surface area contributed by atoms with Gasteiger partial charge in [0.15, 0.2) is 5.78 Å². The lowest BCUT2D eigenvalue weighted by molar-refractivity contribution is 0.101. The minimum absolute atomic E-state index is 0.0611. The third-order valence-corrected chi connectivity index (χ3v) is 3.34. The molecule has 2 aromatic carbocycles. The number of Topliss-reactive ketones (excluding diaryl/α,β-unsaturated/α-hetero) is 1. The smallest absolute Gasteiger partial charge is 0.159 e. The minimum atomic E-state index is -0.510. The minimum Gasteiger partial charge on any atom is -0.388 e. The molecule has 2 aromatic rings. The molecule has 0 aliphatic carbocycles. The Labute approximate surface area is 113 Å². The number of carbonyl (C=O) groups is 1. The van der Waals surface area contributed by atoms with Gasteiger partial charge in [0.1, 0.15) is 0 Å². The van der Waals surface area contributed by atoms with Crippen molar-refractivity contribution < 1.29 is 9.90 Å². The van der Waals surface area contributed by atoms with Crippen molar-refractivity contribution in [3.63, 3.8) is 0 Å². The summed E-state index contributed by atoms with van der Waals surface area (Å²) in [5.41, 5.74) is 3.78. The molecule has 0 saturated heterocycles. The largest absolute Gasteiger partial charge is 0.388 e. The van der Waals surface area contributed by atoms with E-state index >= 15 is 0 Å². The predicted molar refractivity (Wildman–Crippen MR) is 76.3 cm³/mol. The van der Waals surface area contributed by atoms with Crippen molar-refractivity contribution in [3.8, 4) is 0 Å². The van der Waals surface area contributed by atoms with Gasteiger partial charge in [-0.15, -0.1) is 0 Å². The number of benzene rings is 2. The van der Waals surface area contributed by atoms with Gasteiger partial charge in [-0.1, -0.05) is 48.5 Å². The predicted octanol–water partition coefficient (Wildman–Crippen LogP) is 3.47. The highest BCUT2D eigenvalue weighted by Crippen LogP contribution is 2.21. The molecule has 1 N–H and O–H groups in total. The quantitative estimate of drug-likeness (QED) is 0.848. The Morgan fingerprint density at radius 2 is 1.74 bits per heavy atom. The molecule has 1 unspecified atom stereocenters. The Balaban J connectivity index is 2.13. The van der Waals surface area contributed by atoms with Crippen LogP contribution in [0.3, 0.4) is 0 Å². The molecule has 0 fully saturated rings. The highest BCUT2D eigenvalue weighted by Gasteiger charge is 2.10. The van der Waals surface area contributed by atoms with E-state index in [4.69, 9.17) is 0 Å². The lowest BCUT2D eigenvalue weighted by Gasteiger charge is -2.13. The number of rotatable bonds is 4. The molecular formula is C17H18O2. The number of hydrogen-bond acceptors (Lipinski definition) is 2. The van der Waals surface area contributed by atoms with Crippen molar-refractivity contribution in [2.75, 3.05) is 0 Å². The monoisotopic (exact) mass is 254 g/mol. The molecule has 0 radical (unpaired) electrons. The van der Waals surface area contributed by atoms with Crippen LogP contribution < -0.4 is 0 Å². The lowest BCUT2D eigenvalue weighted by atomic mass is 9.97. The molecule has 0 aliphatic heterocycles. The first-order valence-corrected chi connectivity index (χ1v) is 6.41. The molecule has 2 rings (SSSR count). The second-order valence-corrected chi connectivity index (χ2v) is 4.83. The molecule has 0 amide bonds. The van der Waals surface area contributed by atoms with Crippen LogP contribution in [-0.4, -0.2) is 10.9 Å². The van der Waals surface area contributed by atoms with E-state index in [0.29, 0.717) is 12.0 Å². The van der Waals surface area contributed by atoms with Crippen molar-refractivity contribution in [1.29, 1.82) is 0 Å². The van der Waals surface area contributed by atoms with Gasteiger partial charge in [0.25, 0.3) is 0 Å². The maximum atomic E-state index is 11.2. The van der Waals surface area contributed by atoms with Crippen LogP contribution in [0.5, 0.6) is 0 Å². The summed E-state index contributed by atoms with van der Waals surface area (Å²) in [6.45, 7) is 3.55. The van der Waals surface area contributed by atoms with E-state index in [-0.39, 0.29) is 5.78 Å². The van der Waals surface area contributed by atoms with E-state index in [1.54, 1.807) is 6.92 Å². The number of aliphatic hydroxyl groups is 1. The molecule has 98 valence electrons. The van der Waals surface area contributed by atoms with Crippen LogP contribution >= 0.6 is 0 Å². The molecule has 1 atom stereocenters. The molecule has 19 heavy (non-hydrogen) atoms. The molecule has 0 aromatic heterocycles. The topological polar surface area (TPSA) is 37.3 Å². The number of hydrogen-bond donors (Lipinski definition) is 1. The maximum Gasteiger partial charge on any atom is 0.159 e. The van der Waals surface area contributed by atoms with E-state index < -0.39 is 6.10 Å². The van der Waals surface area contributed by atoms with Crippen molar-refractivity contribution in [2.24, 2.45) is 0 Å². The second-order valence-electron chi connectivity index (χ2n) is 4.83. The molecule has 0 spiro atoms. The van der Waals surface area contributed by atoms with Crippen molar-refractivity contribution in [3.05, 3.63) is 70.8 Å². The molecule has 2 heteroatoms. The number of aryl methyl sites for hydroxylation is 1. The Hall–Kier alpha value is -1.93. The standard InChI is InChI=1S/C17H18O2/c1-12-5-3-4-6-16(12)17(19)11-14-7-9-15(10-8-14)13(2)18/h3-10,17,19H,11H2,1-2H3. The summed E-state index contributed by atoms with van der Waals surface area (Å²) in [4.78, 5) is 11.2. The first-order chi connectivity index (χ1) is 9.08. The number of aliphatic hydroxyl groups excluding tert-OH is 1. The van der Waals surface area contributed by atoms with Crippen LogP contribution in [0.4, 0.5) is 0 Å². The van der Waals surface area contributed by atoms with E-state index in [0.717, 1.165) is 16.7 Å². The summed E-state index contributed by atoms with van der Waals surface area (Å²) < 4.78 is 0. The Morgan fingerprint density at radius 3 is 2.32 bits per heavy atom. The van der Waals surface area contributed by atoms with Crippen LogP contribution in [0.1, 0.15) is 40.1 Å². The normalized spacial score (nSPS) is 12.2. The molecule has 2 nitrogen and oxygen atoms in total.